The SMILES string of the molecule is CNc1cccc(O)c1C(N)=O. The van der Waals surface area contributed by atoms with E-state index in [1.54, 1.807) is 19.2 Å². The second kappa shape index (κ2) is 3.13. The maximum absolute atomic E-state index is 10.8. The number of nitrogens with one attached hydrogen (secondary N) is 1. The number of amides is 1. The number of benzene rings is 1. The van der Waals surface area contributed by atoms with Crippen molar-refractivity contribution in [3.63, 3.8) is 0 Å². The van der Waals surface area contributed by atoms with Crippen LogP contribution >= 0.6 is 0 Å². The minimum absolute atomic E-state index is 0.102. The van der Waals surface area contributed by atoms with Gasteiger partial charge in [-0.25, -0.2) is 0 Å². The molecule has 0 fully saturated rings. The molecule has 0 aliphatic rings. The summed E-state index contributed by atoms with van der Waals surface area (Å²) in [6.07, 6.45) is 0. The first-order valence-corrected chi connectivity index (χ1v) is 3.46. The molecule has 64 valence electrons. The number of hydrogen-bond donors (Lipinski definition) is 3. The maximum atomic E-state index is 10.8. The van der Waals surface area contributed by atoms with Crippen LogP contribution < -0.4 is 11.1 Å². The first kappa shape index (κ1) is 8.39. The van der Waals surface area contributed by atoms with Gasteiger partial charge in [-0.3, -0.25) is 4.79 Å². The fourth-order valence-electron chi connectivity index (χ4n) is 1.01. The Balaban J connectivity index is 3.29. The molecule has 12 heavy (non-hydrogen) atoms. The van der Waals surface area contributed by atoms with Gasteiger partial charge in [0.05, 0.1) is 5.69 Å². The molecule has 4 N–H and O–H groups in total. The highest BCUT2D eigenvalue weighted by Crippen LogP contribution is 2.23. The summed E-state index contributed by atoms with van der Waals surface area (Å²) >= 11 is 0. The van der Waals surface area contributed by atoms with Gasteiger partial charge in [0.25, 0.3) is 5.91 Å². The molecule has 0 aliphatic carbocycles. The monoisotopic (exact) mass is 166 g/mol. The van der Waals surface area contributed by atoms with Crippen molar-refractivity contribution in [2.45, 2.75) is 0 Å². The van der Waals surface area contributed by atoms with Gasteiger partial charge in [0.2, 0.25) is 0 Å². The second-order valence-electron chi connectivity index (χ2n) is 2.31. The lowest BCUT2D eigenvalue weighted by Gasteiger charge is -2.06. The maximum Gasteiger partial charge on any atom is 0.254 e. The molecule has 0 saturated heterocycles. The second-order valence-corrected chi connectivity index (χ2v) is 2.31. The normalized spacial score (nSPS) is 9.42. The van der Waals surface area contributed by atoms with Gasteiger partial charge in [0.15, 0.2) is 0 Å². The van der Waals surface area contributed by atoms with Crippen LogP contribution in [0.5, 0.6) is 5.75 Å². The molecule has 1 aromatic rings. The van der Waals surface area contributed by atoms with Crippen molar-refractivity contribution in [2.24, 2.45) is 5.73 Å². The molecule has 0 bridgehead atoms. The van der Waals surface area contributed by atoms with Crippen molar-refractivity contribution in [3.8, 4) is 5.75 Å². The Morgan fingerprint density at radius 2 is 2.25 bits per heavy atom. The third-order valence-corrected chi connectivity index (χ3v) is 1.56. The number of carbonyl (C=O) groups is 1. The molecule has 0 spiro atoms. The van der Waals surface area contributed by atoms with E-state index in [-0.39, 0.29) is 11.3 Å². The van der Waals surface area contributed by atoms with Crippen molar-refractivity contribution in [1.82, 2.24) is 0 Å². The Labute approximate surface area is 70.0 Å². The van der Waals surface area contributed by atoms with Crippen LogP contribution in [0.1, 0.15) is 10.4 Å². The Morgan fingerprint density at radius 3 is 2.67 bits per heavy atom. The van der Waals surface area contributed by atoms with Gasteiger partial charge >= 0.3 is 0 Å². The van der Waals surface area contributed by atoms with Crippen LogP contribution in [0.4, 0.5) is 5.69 Å². The van der Waals surface area contributed by atoms with Crippen LogP contribution in [-0.4, -0.2) is 18.1 Å². The molecule has 1 aromatic carbocycles. The summed E-state index contributed by atoms with van der Waals surface area (Å²) < 4.78 is 0. The van der Waals surface area contributed by atoms with E-state index in [1.807, 2.05) is 0 Å². The molecular formula is C8H10N2O2. The quantitative estimate of drug-likeness (QED) is 0.600. The third-order valence-electron chi connectivity index (χ3n) is 1.56. The third kappa shape index (κ3) is 1.32. The number of aromatic hydroxyl groups is 1. The zero-order valence-corrected chi connectivity index (χ0v) is 6.66. The van der Waals surface area contributed by atoms with Crippen molar-refractivity contribution >= 4 is 11.6 Å². The predicted octanol–water partition coefficient (Wildman–Crippen LogP) is 0.533. The number of primary amides is 1. The zero-order valence-electron chi connectivity index (χ0n) is 6.66. The van der Waals surface area contributed by atoms with Gasteiger partial charge in [-0.1, -0.05) is 6.07 Å². The van der Waals surface area contributed by atoms with Crippen LogP contribution in [0, 0.1) is 0 Å². The van der Waals surface area contributed by atoms with Crippen LogP contribution in [0.2, 0.25) is 0 Å². The minimum atomic E-state index is -0.641. The summed E-state index contributed by atoms with van der Waals surface area (Å²) in [6.45, 7) is 0. The van der Waals surface area contributed by atoms with Crippen molar-refractivity contribution in [3.05, 3.63) is 23.8 Å². The number of carbonyl (C=O) groups excluding carboxylic acids is 1. The van der Waals surface area contributed by atoms with Gasteiger partial charge in [0.1, 0.15) is 11.3 Å². The molecule has 0 aliphatic heterocycles. The van der Waals surface area contributed by atoms with Crippen LogP contribution in [0.25, 0.3) is 0 Å². The lowest BCUT2D eigenvalue weighted by Crippen LogP contribution is -2.13. The van der Waals surface area contributed by atoms with Crippen molar-refractivity contribution in [1.29, 1.82) is 0 Å². The number of rotatable bonds is 2. The Hall–Kier alpha value is -1.71. The molecule has 4 nitrogen and oxygen atoms in total. The van der Waals surface area contributed by atoms with Gasteiger partial charge in [-0.05, 0) is 12.1 Å². The van der Waals surface area contributed by atoms with Gasteiger partial charge in [-0.15, -0.1) is 0 Å². The largest absolute Gasteiger partial charge is 0.507 e. The fourth-order valence-corrected chi connectivity index (χ4v) is 1.01. The number of anilines is 1. The number of nitrogens with two attached hydrogens (primary N) is 1. The fraction of sp³-hybridized carbons (Fsp3) is 0.125. The summed E-state index contributed by atoms with van der Waals surface area (Å²) in [6, 6.07) is 4.72. The lowest BCUT2D eigenvalue weighted by atomic mass is 10.1. The Bertz CT molecular complexity index is 310. The first-order valence-electron chi connectivity index (χ1n) is 3.46. The summed E-state index contributed by atoms with van der Waals surface area (Å²) in [5, 5.41) is 12.0. The molecular weight excluding hydrogens is 156 g/mol. The molecule has 1 amide bonds. The number of phenols is 1. The van der Waals surface area contributed by atoms with E-state index >= 15 is 0 Å². The van der Waals surface area contributed by atoms with Crippen molar-refractivity contribution in [2.75, 3.05) is 12.4 Å². The van der Waals surface area contributed by atoms with Crippen LogP contribution in [-0.2, 0) is 0 Å². The van der Waals surface area contributed by atoms with Crippen molar-refractivity contribution < 1.29 is 9.90 Å². The molecule has 0 atom stereocenters. The van der Waals surface area contributed by atoms with E-state index in [2.05, 4.69) is 5.32 Å². The lowest BCUT2D eigenvalue weighted by molar-refractivity contribution is 0.0998. The molecule has 0 radical (unpaired) electrons. The molecule has 0 unspecified atom stereocenters. The topological polar surface area (TPSA) is 75.3 Å². The highest BCUT2D eigenvalue weighted by molar-refractivity contribution is 6.01. The summed E-state index contributed by atoms with van der Waals surface area (Å²) in [4.78, 5) is 10.8. The highest BCUT2D eigenvalue weighted by Gasteiger charge is 2.11. The van der Waals surface area contributed by atoms with E-state index in [4.69, 9.17) is 5.73 Å². The Kier molecular flexibility index (Phi) is 2.19. The average molecular weight is 166 g/mol. The summed E-state index contributed by atoms with van der Waals surface area (Å²) in [5.74, 6) is -0.744. The first-order chi connectivity index (χ1) is 5.66. The van der Waals surface area contributed by atoms with Gasteiger partial charge in [0, 0.05) is 7.05 Å². The smallest absolute Gasteiger partial charge is 0.254 e. The van der Waals surface area contributed by atoms with E-state index in [0.29, 0.717) is 5.69 Å². The molecule has 0 heterocycles. The molecule has 1 rings (SSSR count). The summed E-state index contributed by atoms with van der Waals surface area (Å²) in [5.41, 5.74) is 5.71. The van der Waals surface area contributed by atoms with E-state index in [0.717, 1.165) is 0 Å². The summed E-state index contributed by atoms with van der Waals surface area (Å²) in [7, 11) is 1.65. The zero-order chi connectivity index (χ0) is 9.14. The van der Waals surface area contributed by atoms with E-state index < -0.39 is 5.91 Å². The van der Waals surface area contributed by atoms with Crippen LogP contribution in [0.3, 0.4) is 0 Å². The minimum Gasteiger partial charge on any atom is -0.507 e. The van der Waals surface area contributed by atoms with E-state index in [9.17, 15) is 9.90 Å². The Morgan fingerprint density at radius 1 is 1.58 bits per heavy atom. The predicted molar refractivity (Wildman–Crippen MR) is 46.2 cm³/mol. The van der Waals surface area contributed by atoms with Crippen LogP contribution in [0.15, 0.2) is 18.2 Å². The van der Waals surface area contributed by atoms with E-state index in [1.165, 1.54) is 6.07 Å². The average Bonchev–Trinajstić information content (AvgIpc) is 2.03. The molecule has 0 saturated carbocycles. The highest BCUT2D eigenvalue weighted by atomic mass is 16.3. The van der Waals surface area contributed by atoms with Gasteiger partial charge in [-0.2, -0.15) is 0 Å². The standard InChI is InChI=1S/C8H10N2O2/c1-10-5-3-2-4-6(11)7(5)8(9)12/h2-4,10-11H,1H3,(H2,9,12). The molecule has 4 heteroatoms. The van der Waals surface area contributed by atoms with Gasteiger partial charge < -0.3 is 16.2 Å². The number of hydrogen-bond acceptors (Lipinski definition) is 3. The molecule has 0 aromatic heterocycles.